The Morgan fingerprint density at radius 1 is 1.62 bits per heavy atom. The van der Waals surface area contributed by atoms with Crippen molar-refractivity contribution < 1.29 is 13.3 Å². The molecule has 0 rings (SSSR count). The Balaban J connectivity index is 3.37. The van der Waals surface area contributed by atoms with Gasteiger partial charge < -0.3 is 0 Å². The van der Waals surface area contributed by atoms with Gasteiger partial charge in [-0.15, -0.1) is 0 Å². The Kier molecular flexibility index (Phi) is 3.34. The van der Waals surface area contributed by atoms with E-state index in [0.717, 1.165) is 0 Å². The van der Waals surface area contributed by atoms with Crippen LogP contribution in [-0.4, -0.2) is 22.8 Å². The van der Waals surface area contributed by atoms with Crippen molar-refractivity contribution in [3.63, 3.8) is 0 Å². The molecule has 0 aromatic carbocycles. The predicted octanol–water partition coefficient (Wildman–Crippen LogP) is 0.823. The number of hydrogen-bond acceptors (Lipinski definition) is 4. The average Bonchev–Trinajstić information content (AvgIpc) is 1.67. The zero-order chi connectivity index (χ0) is 6.62. The van der Waals surface area contributed by atoms with Gasteiger partial charge in [0.05, 0.1) is 7.11 Å². The topological polar surface area (TPSA) is 61.7 Å². The van der Waals surface area contributed by atoms with Crippen molar-refractivity contribution in [3.8, 4) is 0 Å². The van der Waals surface area contributed by atoms with Crippen molar-refractivity contribution in [1.82, 2.24) is 4.72 Å². The first-order chi connectivity index (χ1) is 3.62. The number of hydrogen-bond donors (Lipinski definition) is 3. The summed E-state index contributed by atoms with van der Waals surface area (Å²) in [7, 11) is 1.23. The summed E-state index contributed by atoms with van der Waals surface area (Å²) in [5.74, 6) is 0. The van der Waals surface area contributed by atoms with E-state index in [1.165, 1.54) is 7.11 Å². The maximum absolute atomic E-state index is 8.63. The molecule has 8 heavy (non-hydrogen) atoms. The summed E-state index contributed by atoms with van der Waals surface area (Å²) in [6.07, 6.45) is 0. The minimum Gasteiger partial charge on any atom is -0.296 e. The molecule has 0 aromatic rings. The van der Waals surface area contributed by atoms with Gasteiger partial charge in [0.15, 0.2) is 11.1 Å². The van der Waals surface area contributed by atoms with Gasteiger partial charge in [-0.2, -0.15) is 0 Å². The summed E-state index contributed by atoms with van der Waals surface area (Å²) < 4.78 is 23.9. The first-order valence-electron chi connectivity index (χ1n) is 2.20. The smallest absolute Gasteiger partial charge is 0.154 e. The summed E-state index contributed by atoms with van der Waals surface area (Å²) in [6.45, 7) is 2.24. The van der Waals surface area contributed by atoms with E-state index in [-0.39, 0.29) is 0 Å². The molecule has 52 valence electrons. The molecule has 0 aliphatic rings. The van der Waals surface area contributed by atoms with E-state index in [2.05, 4.69) is 8.91 Å². The summed E-state index contributed by atoms with van der Waals surface area (Å²) in [5, 5.41) is 0. The maximum Gasteiger partial charge on any atom is 0.154 e. The van der Waals surface area contributed by atoms with Crippen molar-refractivity contribution in [1.29, 1.82) is 0 Å². The fourth-order valence-electron chi connectivity index (χ4n) is 0.247. The Bertz CT molecular complexity index is 67.5. The van der Waals surface area contributed by atoms with Crippen LogP contribution in [0.15, 0.2) is 0 Å². The van der Waals surface area contributed by atoms with E-state index < -0.39 is 11.1 Å². The van der Waals surface area contributed by atoms with E-state index in [1.54, 1.807) is 6.92 Å². The van der Waals surface area contributed by atoms with Crippen LogP contribution in [0.25, 0.3) is 0 Å². The fraction of sp³-hybridized carbons (Fsp3) is 1.00. The molecule has 0 fully saturated rings. The summed E-state index contributed by atoms with van der Waals surface area (Å²) >= 11 is -2.92. The van der Waals surface area contributed by atoms with Crippen LogP contribution in [0.2, 0.25) is 0 Å². The Labute approximate surface area is 50.5 Å². The molecule has 0 bridgehead atoms. The maximum atomic E-state index is 8.63. The van der Waals surface area contributed by atoms with Crippen LogP contribution < -0.4 is 4.72 Å². The second-order valence-corrected chi connectivity index (χ2v) is 2.78. The highest BCUT2D eigenvalue weighted by Gasteiger charge is 2.10. The third-order valence-electron chi connectivity index (χ3n) is 0.565. The van der Waals surface area contributed by atoms with Crippen LogP contribution in [0.4, 0.5) is 0 Å². The van der Waals surface area contributed by atoms with Gasteiger partial charge in [0.25, 0.3) is 0 Å². The molecular weight excluding hydrogens is 130 g/mol. The first kappa shape index (κ1) is 8.19. The van der Waals surface area contributed by atoms with Crippen LogP contribution >= 0.6 is 11.1 Å². The van der Waals surface area contributed by atoms with Gasteiger partial charge in [-0.05, 0) is 0 Å². The van der Waals surface area contributed by atoms with Gasteiger partial charge in [0, 0.05) is 6.54 Å². The van der Waals surface area contributed by atoms with Gasteiger partial charge in [0.1, 0.15) is 0 Å². The second kappa shape index (κ2) is 3.26. The highest BCUT2D eigenvalue weighted by Crippen LogP contribution is 2.32. The minimum absolute atomic E-state index is 0.482. The molecule has 0 aliphatic carbocycles. The van der Waals surface area contributed by atoms with E-state index in [1.807, 2.05) is 0 Å². The summed E-state index contributed by atoms with van der Waals surface area (Å²) in [6, 6.07) is 0. The van der Waals surface area contributed by atoms with Gasteiger partial charge in [-0.25, -0.2) is 4.72 Å². The highest BCUT2D eigenvalue weighted by molar-refractivity contribution is 8.18. The highest BCUT2D eigenvalue weighted by atomic mass is 32.3. The third-order valence-corrected chi connectivity index (χ3v) is 1.69. The molecule has 0 spiro atoms. The Morgan fingerprint density at radius 3 is 2.25 bits per heavy atom. The van der Waals surface area contributed by atoms with Crippen molar-refractivity contribution >= 4 is 11.1 Å². The molecule has 0 saturated heterocycles. The van der Waals surface area contributed by atoms with Gasteiger partial charge in [-0.1, -0.05) is 6.92 Å². The van der Waals surface area contributed by atoms with Crippen molar-refractivity contribution in [2.45, 2.75) is 6.92 Å². The average molecular weight is 141 g/mol. The van der Waals surface area contributed by atoms with Gasteiger partial charge in [0.2, 0.25) is 0 Å². The lowest BCUT2D eigenvalue weighted by molar-refractivity contribution is 0.307. The first-order valence-corrected chi connectivity index (χ1v) is 3.68. The molecule has 0 unspecified atom stereocenters. The zero-order valence-corrected chi connectivity index (χ0v) is 5.73. The third kappa shape index (κ3) is 3.23. The zero-order valence-electron chi connectivity index (χ0n) is 4.92. The van der Waals surface area contributed by atoms with Crippen molar-refractivity contribution in [2.24, 2.45) is 0 Å². The Morgan fingerprint density at radius 2 is 2.12 bits per heavy atom. The van der Waals surface area contributed by atoms with Crippen LogP contribution in [0.5, 0.6) is 0 Å². The Hall–Kier alpha value is 0.190. The summed E-state index contributed by atoms with van der Waals surface area (Å²) in [5.41, 5.74) is 0. The van der Waals surface area contributed by atoms with Crippen LogP contribution in [0, 0.1) is 0 Å². The van der Waals surface area contributed by atoms with Crippen molar-refractivity contribution in [2.75, 3.05) is 13.7 Å². The molecule has 0 aromatic heterocycles. The second-order valence-electron chi connectivity index (χ2n) is 1.16. The standard InChI is InChI=1S/C3H11NO3S/c1-3-4-8(5,6)7-2/h4-6H,3H2,1-2H3. The van der Waals surface area contributed by atoms with E-state index in [4.69, 9.17) is 9.11 Å². The SMILES string of the molecule is CCNS(O)(O)OC. The lowest BCUT2D eigenvalue weighted by Crippen LogP contribution is -2.19. The van der Waals surface area contributed by atoms with Crippen LogP contribution in [-0.2, 0) is 4.18 Å². The lowest BCUT2D eigenvalue weighted by atomic mass is 10.8. The largest absolute Gasteiger partial charge is 0.296 e. The number of nitrogens with one attached hydrogen (secondary N) is 1. The van der Waals surface area contributed by atoms with E-state index in [0.29, 0.717) is 6.54 Å². The van der Waals surface area contributed by atoms with Gasteiger partial charge >= 0.3 is 0 Å². The summed E-state index contributed by atoms with van der Waals surface area (Å²) in [4.78, 5) is 0. The van der Waals surface area contributed by atoms with E-state index >= 15 is 0 Å². The predicted molar refractivity (Wildman–Crippen MR) is 33.5 cm³/mol. The molecule has 0 aliphatic heterocycles. The monoisotopic (exact) mass is 141 g/mol. The van der Waals surface area contributed by atoms with Crippen molar-refractivity contribution in [3.05, 3.63) is 0 Å². The van der Waals surface area contributed by atoms with Crippen LogP contribution in [0.1, 0.15) is 6.92 Å². The minimum atomic E-state index is -2.92. The molecule has 0 atom stereocenters. The van der Waals surface area contributed by atoms with Gasteiger partial charge in [-0.3, -0.25) is 13.3 Å². The molecule has 0 amide bonds. The molecule has 4 nitrogen and oxygen atoms in total. The quantitative estimate of drug-likeness (QED) is 0.544. The molecule has 0 saturated carbocycles. The van der Waals surface area contributed by atoms with Crippen LogP contribution in [0.3, 0.4) is 0 Å². The molecular formula is C3H11NO3S. The fourth-order valence-corrected chi connectivity index (χ4v) is 0.741. The lowest BCUT2D eigenvalue weighted by Gasteiger charge is -2.23. The molecule has 3 N–H and O–H groups in total. The molecule has 5 heteroatoms. The molecule has 0 heterocycles. The molecule has 0 radical (unpaired) electrons. The number of rotatable bonds is 3. The normalized spacial score (nSPS) is 14.0. The van der Waals surface area contributed by atoms with E-state index in [9.17, 15) is 0 Å².